The number of nitrogens with one attached hydrogen (secondary N) is 1. The van der Waals surface area contributed by atoms with Gasteiger partial charge >= 0.3 is 0 Å². The van der Waals surface area contributed by atoms with Crippen LogP contribution < -0.4 is 10.1 Å². The Kier molecular flexibility index (Phi) is 4.97. The minimum Gasteiger partial charge on any atom is -0.493 e. The molecule has 0 radical (unpaired) electrons. The topological polar surface area (TPSA) is 51.2 Å². The maximum absolute atomic E-state index is 12.3. The van der Waals surface area contributed by atoms with Crippen molar-refractivity contribution in [2.75, 3.05) is 13.2 Å². The Morgan fingerprint density at radius 3 is 2.85 bits per heavy atom. The van der Waals surface area contributed by atoms with E-state index in [-0.39, 0.29) is 5.91 Å². The number of ether oxygens (including phenoxy) is 1. The van der Waals surface area contributed by atoms with E-state index in [0.29, 0.717) is 25.5 Å². The average molecular weight is 364 g/mol. The van der Waals surface area contributed by atoms with Crippen molar-refractivity contribution in [3.63, 3.8) is 0 Å². The first kappa shape index (κ1) is 16.8. The van der Waals surface area contributed by atoms with Crippen LogP contribution in [0, 0.1) is 5.92 Å². The van der Waals surface area contributed by atoms with Gasteiger partial charge in [-0.05, 0) is 18.1 Å². The van der Waals surface area contributed by atoms with E-state index in [1.807, 2.05) is 53.9 Å². The normalized spacial score (nSPS) is 15.8. The zero-order chi connectivity index (χ0) is 17.8. The fourth-order valence-corrected chi connectivity index (χ4v) is 3.93. The summed E-state index contributed by atoms with van der Waals surface area (Å²) in [6.07, 6.45) is 1.25. The largest absolute Gasteiger partial charge is 0.493 e. The molecule has 0 saturated heterocycles. The highest BCUT2D eigenvalue weighted by atomic mass is 32.1. The third-order valence-corrected chi connectivity index (χ3v) is 5.40. The summed E-state index contributed by atoms with van der Waals surface area (Å²) in [5.41, 5.74) is 3.11. The molecule has 1 atom stereocenters. The van der Waals surface area contributed by atoms with E-state index in [4.69, 9.17) is 4.74 Å². The third kappa shape index (κ3) is 3.94. The van der Waals surface area contributed by atoms with Crippen LogP contribution in [0.3, 0.4) is 0 Å². The monoisotopic (exact) mass is 364 g/mol. The number of carbonyl (C=O) groups excluding carboxylic acids is 1. The van der Waals surface area contributed by atoms with Gasteiger partial charge in [0.25, 0.3) is 0 Å². The standard InChI is InChI=1S/C21H20N2O2S/c24-20(11-18-14-26-21(23-18)16-6-2-1-3-7-16)22-12-15-10-17-8-4-5-9-19(17)25-13-15/h1-9,14-15H,10-13H2,(H,22,24)/t15-/m0/s1. The minimum absolute atomic E-state index is 0.00812. The quantitative estimate of drug-likeness (QED) is 0.751. The van der Waals surface area contributed by atoms with Crippen molar-refractivity contribution in [2.45, 2.75) is 12.8 Å². The van der Waals surface area contributed by atoms with Crippen molar-refractivity contribution >= 4 is 17.2 Å². The fraction of sp³-hybridized carbons (Fsp3) is 0.238. The van der Waals surface area contributed by atoms with Gasteiger partial charge in [-0.2, -0.15) is 0 Å². The van der Waals surface area contributed by atoms with E-state index in [9.17, 15) is 4.79 Å². The molecule has 26 heavy (non-hydrogen) atoms. The lowest BCUT2D eigenvalue weighted by Crippen LogP contribution is -2.35. The Labute approximate surface area is 156 Å². The Hall–Kier alpha value is -2.66. The van der Waals surface area contributed by atoms with Crippen LogP contribution in [-0.4, -0.2) is 24.0 Å². The molecule has 1 aliphatic heterocycles. The predicted molar refractivity (Wildman–Crippen MR) is 103 cm³/mol. The summed E-state index contributed by atoms with van der Waals surface area (Å²) in [4.78, 5) is 16.8. The van der Waals surface area contributed by atoms with E-state index < -0.39 is 0 Å². The number of hydrogen-bond acceptors (Lipinski definition) is 4. The van der Waals surface area contributed by atoms with Gasteiger partial charge in [-0.15, -0.1) is 11.3 Å². The molecule has 0 spiro atoms. The number of thiazole rings is 1. The summed E-state index contributed by atoms with van der Waals surface area (Å²) in [5, 5.41) is 5.94. The number of amides is 1. The molecule has 5 heteroatoms. The molecule has 132 valence electrons. The van der Waals surface area contributed by atoms with Crippen LogP contribution in [0.1, 0.15) is 11.3 Å². The van der Waals surface area contributed by atoms with Crippen molar-refractivity contribution in [1.29, 1.82) is 0 Å². The van der Waals surface area contributed by atoms with Gasteiger partial charge in [0.2, 0.25) is 5.91 Å². The lowest BCUT2D eigenvalue weighted by Gasteiger charge is -2.25. The lowest BCUT2D eigenvalue weighted by atomic mass is 9.97. The van der Waals surface area contributed by atoms with Crippen LogP contribution in [0.5, 0.6) is 5.75 Å². The van der Waals surface area contributed by atoms with Gasteiger partial charge in [-0.25, -0.2) is 4.98 Å². The van der Waals surface area contributed by atoms with Crippen LogP contribution in [-0.2, 0) is 17.6 Å². The lowest BCUT2D eigenvalue weighted by molar-refractivity contribution is -0.120. The molecular formula is C21H20N2O2S. The number of aromatic nitrogens is 1. The zero-order valence-electron chi connectivity index (χ0n) is 14.4. The summed E-state index contributed by atoms with van der Waals surface area (Å²) in [6.45, 7) is 1.27. The van der Waals surface area contributed by atoms with E-state index in [0.717, 1.165) is 28.4 Å². The third-order valence-electron chi connectivity index (χ3n) is 4.46. The van der Waals surface area contributed by atoms with E-state index >= 15 is 0 Å². The molecule has 4 rings (SSSR count). The molecule has 0 bridgehead atoms. The Balaban J connectivity index is 1.29. The number of fused-ring (bicyclic) bond motifs is 1. The van der Waals surface area contributed by atoms with Crippen LogP contribution in [0.15, 0.2) is 60.0 Å². The fourth-order valence-electron chi connectivity index (χ4n) is 3.11. The van der Waals surface area contributed by atoms with Gasteiger partial charge < -0.3 is 10.1 Å². The molecular weight excluding hydrogens is 344 g/mol. The predicted octanol–water partition coefficient (Wildman–Crippen LogP) is 3.72. The summed E-state index contributed by atoms with van der Waals surface area (Å²) in [6, 6.07) is 18.1. The van der Waals surface area contributed by atoms with Gasteiger partial charge in [0.1, 0.15) is 10.8 Å². The highest BCUT2D eigenvalue weighted by Crippen LogP contribution is 2.26. The Morgan fingerprint density at radius 2 is 1.96 bits per heavy atom. The maximum Gasteiger partial charge on any atom is 0.226 e. The van der Waals surface area contributed by atoms with Crippen LogP contribution >= 0.6 is 11.3 Å². The maximum atomic E-state index is 12.3. The summed E-state index contributed by atoms with van der Waals surface area (Å²) in [7, 11) is 0. The molecule has 4 nitrogen and oxygen atoms in total. The van der Waals surface area contributed by atoms with Gasteiger partial charge in [0.05, 0.1) is 18.7 Å². The molecule has 2 heterocycles. The molecule has 0 fully saturated rings. The van der Waals surface area contributed by atoms with Crippen LogP contribution in [0.2, 0.25) is 0 Å². The van der Waals surface area contributed by atoms with E-state index in [1.165, 1.54) is 5.56 Å². The van der Waals surface area contributed by atoms with E-state index in [1.54, 1.807) is 11.3 Å². The first-order chi connectivity index (χ1) is 12.8. The second-order valence-corrected chi connectivity index (χ2v) is 7.34. The first-order valence-corrected chi connectivity index (χ1v) is 9.63. The SMILES string of the molecule is O=C(Cc1csc(-c2ccccc2)n1)NC[C@H]1COc2ccccc2C1. The zero-order valence-corrected chi connectivity index (χ0v) is 15.2. The minimum atomic E-state index is 0.00812. The number of rotatable bonds is 5. The number of carbonyl (C=O) groups is 1. The van der Waals surface area contributed by atoms with Gasteiger partial charge in [0, 0.05) is 23.4 Å². The van der Waals surface area contributed by atoms with Crippen molar-refractivity contribution < 1.29 is 9.53 Å². The molecule has 1 N–H and O–H groups in total. The molecule has 0 saturated carbocycles. The van der Waals surface area contributed by atoms with Crippen molar-refractivity contribution in [1.82, 2.24) is 10.3 Å². The molecule has 0 unspecified atom stereocenters. The van der Waals surface area contributed by atoms with Gasteiger partial charge in [-0.1, -0.05) is 48.5 Å². The second kappa shape index (κ2) is 7.70. The Morgan fingerprint density at radius 1 is 1.15 bits per heavy atom. The summed E-state index contributed by atoms with van der Waals surface area (Å²) < 4.78 is 5.78. The number of nitrogens with zero attached hydrogens (tertiary/aromatic N) is 1. The molecule has 3 aromatic rings. The van der Waals surface area contributed by atoms with Crippen molar-refractivity contribution in [3.05, 3.63) is 71.2 Å². The molecule has 1 amide bonds. The first-order valence-electron chi connectivity index (χ1n) is 8.75. The molecule has 0 aliphatic carbocycles. The second-order valence-electron chi connectivity index (χ2n) is 6.48. The van der Waals surface area contributed by atoms with Crippen molar-refractivity contribution in [3.8, 4) is 16.3 Å². The number of benzene rings is 2. The Bertz CT molecular complexity index is 892. The highest BCUT2D eigenvalue weighted by molar-refractivity contribution is 7.13. The average Bonchev–Trinajstić information content (AvgIpc) is 3.15. The summed E-state index contributed by atoms with van der Waals surface area (Å²) in [5.74, 6) is 1.28. The highest BCUT2D eigenvalue weighted by Gasteiger charge is 2.20. The summed E-state index contributed by atoms with van der Waals surface area (Å²) >= 11 is 1.57. The van der Waals surface area contributed by atoms with Crippen LogP contribution in [0.25, 0.3) is 10.6 Å². The van der Waals surface area contributed by atoms with Gasteiger partial charge in [0.15, 0.2) is 0 Å². The van der Waals surface area contributed by atoms with Crippen molar-refractivity contribution in [2.24, 2.45) is 5.92 Å². The molecule has 2 aromatic carbocycles. The van der Waals surface area contributed by atoms with Crippen LogP contribution in [0.4, 0.5) is 0 Å². The molecule has 1 aromatic heterocycles. The van der Waals surface area contributed by atoms with E-state index in [2.05, 4.69) is 16.4 Å². The number of para-hydroxylation sites is 1. The van der Waals surface area contributed by atoms with Gasteiger partial charge in [-0.3, -0.25) is 4.79 Å². The number of hydrogen-bond donors (Lipinski definition) is 1. The molecule has 1 aliphatic rings. The smallest absolute Gasteiger partial charge is 0.226 e.